The van der Waals surface area contributed by atoms with Crippen LogP contribution in [0.4, 0.5) is 5.00 Å². The van der Waals surface area contributed by atoms with Gasteiger partial charge in [0.1, 0.15) is 5.00 Å². The largest absolute Gasteiger partial charge is 0.366 e. The normalized spacial score (nSPS) is 10.7. The second-order valence-electron chi connectivity index (χ2n) is 5.05. The molecule has 134 valence electrons. The number of hydrogen-bond donors (Lipinski definition) is 3. The monoisotopic (exact) mass is 408 g/mol. The number of thiophene rings is 1. The molecule has 0 aliphatic heterocycles. The van der Waals surface area contributed by atoms with Crippen molar-refractivity contribution in [2.45, 2.75) is 5.16 Å². The van der Waals surface area contributed by atoms with Crippen molar-refractivity contribution in [3.05, 3.63) is 46.3 Å². The first-order chi connectivity index (χ1) is 12.5. The van der Waals surface area contributed by atoms with E-state index in [1.807, 2.05) is 0 Å². The maximum atomic E-state index is 12.1. The van der Waals surface area contributed by atoms with Crippen LogP contribution < -0.4 is 16.9 Å². The summed E-state index contributed by atoms with van der Waals surface area (Å²) in [5, 5.41) is 13.8. The van der Waals surface area contributed by atoms with E-state index in [0.29, 0.717) is 21.0 Å². The fraction of sp³-hybridized carbons (Fsp3) is 0.0667. The van der Waals surface area contributed by atoms with Crippen LogP contribution in [-0.2, 0) is 4.79 Å². The molecule has 0 aliphatic rings. The minimum absolute atomic E-state index is 0.0477. The minimum Gasteiger partial charge on any atom is -0.366 e. The molecule has 0 spiro atoms. The number of amides is 2. The molecule has 5 N–H and O–H groups in total. The molecule has 0 unspecified atom stereocenters. The molecule has 26 heavy (non-hydrogen) atoms. The Morgan fingerprint density at radius 2 is 1.96 bits per heavy atom. The number of aromatic nitrogens is 3. The molecule has 2 amide bonds. The van der Waals surface area contributed by atoms with Gasteiger partial charge in [-0.05, 0) is 35.7 Å². The highest BCUT2D eigenvalue weighted by Gasteiger charge is 2.16. The number of rotatable bonds is 6. The third kappa shape index (κ3) is 3.98. The van der Waals surface area contributed by atoms with Gasteiger partial charge in [0.15, 0.2) is 5.82 Å². The van der Waals surface area contributed by atoms with Crippen LogP contribution in [0, 0.1) is 0 Å². The van der Waals surface area contributed by atoms with Gasteiger partial charge in [0.25, 0.3) is 5.91 Å². The van der Waals surface area contributed by atoms with Gasteiger partial charge >= 0.3 is 0 Å². The average molecular weight is 409 g/mol. The van der Waals surface area contributed by atoms with Crippen molar-refractivity contribution >= 4 is 51.5 Å². The number of nitrogen functional groups attached to an aromatic ring is 1. The second-order valence-corrected chi connectivity index (χ2v) is 7.34. The number of thioether (sulfide) groups is 1. The zero-order valence-electron chi connectivity index (χ0n) is 13.2. The van der Waals surface area contributed by atoms with Gasteiger partial charge < -0.3 is 16.9 Å². The molecule has 8 nitrogen and oxygen atoms in total. The molecule has 1 aromatic carbocycles. The molecule has 0 radical (unpaired) electrons. The summed E-state index contributed by atoms with van der Waals surface area (Å²) in [6, 6.07) is 8.56. The van der Waals surface area contributed by atoms with Crippen LogP contribution in [0.1, 0.15) is 10.4 Å². The van der Waals surface area contributed by atoms with Gasteiger partial charge in [0.2, 0.25) is 11.1 Å². The highest BCUT2D eigenvalue weighted by atomic mass is 35.5. The standard InChI is InChI=1S/C15H13ClN6O2S2/c16-9-3-1-8(2-4-9)13-20-21-15(22(13)18)26-7-11(23)19-14-10(12(17)24)5-6-25-14/h1-6H,7,18H2,(H2,17,24)(H,19,23). The van der Waals surface area contributed by atoms with Gasteiger partial charge in [0, 0.05) is 10.6 Å². The molecular formula is C15H13ClN6O2S2. The van der Waals surface area contributed by atoms with E-state index in [1.54, 1.807) is 35.7 Å². The summed E-state index contributed by atoms with van der Waals surface area (Å²) in [5.41, 5.74) is 6.28. The summed E-state index contributed by atoms with van der Waals surface area (Å²) in [5.74, 6) is 5.61. The number of carbonyl (C=O) groups excluding carboxylic acids is 2. The topological polar surface area (TPSA) is 129 Å². The predicted molar refractivity (Wildman–Crippen MR) is 103 cm³/mol. The Balaban J connectivity index is 1.65. The Bertz CT molecular complexity index is 953. The summed E-state index contributed by atoms with van der Waals surface area (Å²) < 4.78 is 1.31. The molecular weight excluding hydrogens is 396 g/mol. The van der Waals surface area contributed by atoms with E-state index in [0.717, 1.165) is 17.3 Å². The van der Waals surface area contributed by atoms with Crippen LogP contribution >= 0.6 is 34.7 Å². The lowest BCUT2D eigenvalue weighted by Crippen LogP contribution is -2.18. The molecule has 11 heteroatoms. The van der Waals surface area contributed by atoms with E-state index in [4.69, 9.17) is 23.2 Å². The van der Waals surface area contributed by atoms with Gasteiger partial charge in [-0.15, -0.1) is 21.5 Å². The van der Waals surface area contributed by atoms with Crippen molar-refractivity contribution in [3.8, 4) is 11.4 Å². The average Bonchev–Trinajstić information content (AvgIpc) is 3.21. The molecule has 0 saturated heterocycles. The summed E-state index contributed by atoms with van der Waals surface area (Å²) >= 11 is 8.21. The number of hydrogen-bond acceptors (Lipinski definition) is 7. The maximum absolute atomic E-state index is 12.1. The van der Waals surface area contributed by atoms with Gasteiger partial charge in [-0.2, -0.15) is 0 Å². The highest BCUT2D eigenvalue weighted by Crippen LogP contribution is 2.25. The summed E-state index contributed by atoms with van der Waals surface area (Å²) in [4.78, 5) is 23.4. The van der Waals surface area contributed by atoms with Gasteiger partial charge in [0.05, 0.1) is 11.3 Å². The number of halogens is 1. The number of carbonyl (C=O) groups is 2. The zero-order chi connectivity index (χ0) is 18.7. The van der Waals surface area contributed by atoms with Crippen LogP contribution in [0.15, 0.2) is 40.9 Å². The first kappa shape index (κ1) is 18.2. The SMILES string of the molecule is NC(=O)c1ccsc1NC(=O)CSc1nnc(-c2ccc(Cl)cc2)n1N. The number of nitrogens with two attached hydrogens (primary N) is 2. The summed E-state index contributed by atoms with van der Waals surface area (Å²) in [7, 11) is 0. The Hall–Kier alpha value is -2.56. The molecule has 2 heterocycles. The van der Waals surface area contributed by atoms with Crippen molar-refractivity contribution in [2.75, 3.05) is 16.9 Å². The molecule has 0 bridgehead atoms. The highest BCUT2D eigenvalue weighted by molar-refractivity contribution is 7.99. The quantitative estimate of drug-likeness (QED) is 0.423. The lowest BCUT2D eigenvalue weighted by atomic mass is 10.2. The van der Waals surface area contributed by atoms with Crippen LogP contribution in [0.2, 0.25) is 5.02 Å². The van der Waals surface area contributed by atoms with E-state index in [2.05, 4.69) is 15.5 Å². The smallest absolute Gasteiger partial charge is 0.251 e. The van der Waals surface area contributed by atoms with Crippen LogP contribution in [0.25, 0.3) is 11.4 Å². The van der Waals surface area contributed by atoms with Gasteiger partial charge in [-0.3, -0.25) is 9.59 Å². The zero-order valence-corrected chi connectivity index (χ0v) is 15.6. The van der Waals surface area contributed by atoms with Crippen LogP contribution in [-0.4, -0.2) is 32.4 Å². The fourth-order valence-electron chi connectivity index (χ4n) is 2.06. The van der Waals surface area contributed by atoms with E-state index >= 15 is 0 Å². The second kappa shape index (κ2) is 7.77. The Kier molecular flexibility index (Phi) is 5.45. The third-order valence-corrected chi connectivity index (χ3v) is 5.31. The van der Waals surface area contributed by atoms with E-state index in [1.165, 1.54) is 16.0 Å². The minimum atomic E-state index is -0.594. The molecule has 3 aromatic rings. The van der Waals surface area contributed by atoms with Crippen molar-refractivity contribution in [3.63, 3.8) is 0 Å². The maximum Gasteiger partial charge on any atom is 0.251 e. The molecule has 0 aliphatic carbocycles. The van der Waals surface area contributed by atoms with Crippen LogP contribution in [0.5, 0.6) is 0 Å². The van der Waals surface area contributed by atoms with Crippen molar-refractivity contribution in [1.29, 1.82) is 0 Å². The van der Waals surface area contributed by atoms with E-state index in [9.17, 15) is 9.59 Å². The Morgan fingerprint density at radius 1 is 1.23 bits per heavy atom. The number of benzene rings is 1. The third-order valence-electron chi connectivity index (χ3n) is 3.28. The molecule has 2 aromatic heterocycles. The lowest BCUT2D eigenvalue weighted by Gasteiger charge is -2.05. The number of anilines is 1. The van der Waals surface area contributed by atoms with Crippen molar-refractivity contribution in [1.82, 2.24) is 14.9 Å². The van der Waals surface area contributed by atoms with E-state index < -0.39 is 5.91 Å². The predicted octanol–water partition coefficient (Wildman–Crippen LogP) is 2.20. The molecule has 3 rings (SSSR count). The molecule has 0 fully saturated rings. The van der Waals surface area contributed by atoms with Crippen LogP contribution in [0.3, 0.4) is 0 Å². The lowest BCUT2D eigenvalue weighted by molar-refractivity contribution is -0.113. The Morgan fingerprint density at radius 3 is 2.65 bits per heavy atom. The molecule has 0 saturated carbocycles. The first-order valence-corrected chi connectivity index (χ1v) is 9.46. The van der Waals surface area contributed by atoms with Crippen molar-refractivity contribution in [2.24, 2.45) is 5.73 Å². The fourth-order valence-corrected chi connectivity index (χ4v) is 3.66. The van der Waals surface area contributed by atoms with E-state index in [-0.39, 0.29) is 17.2 Å². The van der Waals surface area contributed by atoms with Crippen molar-refractivity contribution < 1.29 is 9.59 Å². The summed E-state index contributed by atoms with van der Waals surface area (Å²) in [6.07, 6.45) is 0. The first-order valence-electron chi connectivity index (χ1n) is 7.22. The summed E-state index contributed by atoms with van der Waals surface area (Å²) in [6.45, 7) is 0. The number of primary amides is 1. The number of nitrogens with one attached hydrogen (secondary N) is 1. The Labute approximate surface area is 161 Å². The number of nitrogens with zero attached hydrogens (tertiary/aromatic N) is 3. The molecule has 0 atom stereocenters. The van der Waals surface area contributed by atoms with Gasteiger partial charge in [-0.1, -0.05) is 23.4 Å². The van der Waals surface area contributed by atoms with Gasteiger partial charge in [-0.25, -0.2) is 4.68 Å².